The summed E-state index contributed by atoms with van der Waals surface area (Å²) < 4.78 is 5.41. The molecule has 2 aliphatic rings. The quantitative estimate of drug-likeness (QED) is 0.505. The van der Waals surface area contributed by atoms with E-state index in [4.69, 9.17) is 4.74 Å². The number of amides is 2. The van der Waals surface area contributed by atoms with Crippen LogP contribution in [0, 0.1) is 0 Å². The molecule has 1 unspecified atom stereocenters. The van der Waals surface area contributed by atoms with Crippen LogP contribution in [0.3, 0.4) is 0 Å². The number of nitrogens with zero attached hydrogens (tertiary/aromatic N) is 2. The molecule has 1 fully saturated rings. The number of carbonyl (C=O) groups excluding carboxylic acids is 2. The van der Waals surface area contributed by atoms with E-state index in [1.807, 2.05) is 54.6 Å². The van der Waals surface area contributed by atoms with Gasteiger partial charge in [-0.1, -0.05) is 66.7 Å². The summed E-state index contributed by atoms with van der Waals surface area (Å²) in [6, 6.07) is 25.7. The van der Waals surface area contributed by atoms with Crippen LogP contribution >= 0.6 is 0 Å². The number of benzene rings is 3. The Balaban J connectivity index is 1.51. The molecule has 0 bridgehead atoms. The fourth-order valence-corrected chi connectivity index (χ4v) is 5.18. The van der Waals surface area contributed by atoms with Gasteiger partial charge in [-0.15, -0.1) is 0 Å². The van der Waals surface area contributed by atoms with E-state index >= 15 is 0 Å². The fraction of sp³-hybridized carbons (Fsp3) is 0.214. The van der Waals surface area contributed by atoms with E-state index in [0.717, 1.165) is 33.3 Å². The normalized spacial score (nSPS) is 17.9. The monoisotopic (exact) mass is 451 g/mol. The van der Waals surface area contributed by atoms with Gasteiger partial charge in [0.05, 0.1) is 24.9 Å². The average Bonchev–Trinajstić information content (AvgIpc) is 3.40. The maximum atomic E-state index is 13.6. The minimum Gasteiger partial charge on any atom is -0.378 e. The first-order chi connectivity index (χ1) is 16.7. The van der Waals surface area contributed by atoms with Crippen molar-refractivity contribution in [1.29, 1.82) is 0 Å². The molecule has 1 aromatic heterocycles. The summed E-state index contributed by atoms with van der Waals surface area (Å²) in [5, 5.41) is 1.06. The van der Waals surface area contributed by atoms with E-state index in [0.29, 0.717) is 31.9 Å². The van der Waals surface area contributed by atoms with Crippen LogP contribution in [0.5, 0.6) is 0 Å². The number of hydrogen-bond donors (Lipinski definition) is 1. The smallest absolute Gasteiger partial charge is 0.255 e. The standard InChI is InChI=1S/C28H25N3O3/c32-24(30-14-16-34-17-15-30)18-31-27(20-10-4-5-11-21(20)28(31)33)25-22-12-6-7-13-23(22)29-26(25)19-8-2-1-3-9-19/h1-13,27,29H,14-18H2. The lowest BCUT2D eigenvalue weighted by molar-refractivity contribution is -0.136. The number of fused-ring (bicyclic) bond motifs is 2. The van der Waals surface area contributed by atoms with E-state index in [1.54, 1.807) is 9.80 Å². The highest BCUT2D eigenvalue weighted by atomic mass is 16.5. The fourth-order valence-electron chi connectivity index (χ4n) is 5.18. The molecule has 34 heavy (non-hydrogen) atoms. The first kappa shape index (κ1) is 20.7. The molecule has 170 valence electrons. The van der Waals surface area contributed by atoms with Crippen molar-refractivity contribution in [1.82, 2.24) is 14.8 Å². The minimum absolute atomic E-state index is 0.0336. The number of morpholine rings is 1. The molecule has 1 saturated heterocycles. The number of ether oxygens (including phenoxy) is 1. The van der Waals surface area contributed by atoms with E-state index in [2.05, 4.69) is 29.2 Å². The van der Waals surface area contributed by atoms with Crippen LogP contribution in [0.4, 0.5) is 0 Å². The van der Waals surface area contributed by atoms with E-state index < -0.39 is 0 Å². The van der Waals surface area contributed by atoms with Crippen LogP contribution in [-0.2, 0) is 9.53 Å². The lowest BCUT2D eigenvalue weighted by Crippen LogP contribution is -2.46. The van der Waals surface area contributed by atoms with Gasteiger partial charge in [0.2, 0.25) is 5.91 Å². The number of hydrogen-bond acceptors (Lipinski definition) is 3. The van der Waals surface area contributed by atoms with Crippen molar-refractivity contribution in [2.75, 3.05) is 32.8 Å². The van der Waals surface area contributed by atoms with E-state index in [9.17, 15) is 9.59 Å². The Morgan fingerprint density at radius 2 is 1.62 bits per heavy atom. The van der Waals surface area contributed by atoms with Gasteiger partial charge in [0, 0.05) is 35.1 Å². The predicted octanol–water partition coefficient (Wildman–Crippen LogP) is 4.24. The SMILES string of the molecule is O=C(CN1C(=O)c2ccccc2C1c1c(-c2ccccc2)[nH]c2ccccc12)N1CCOCC1. The molecule has 1 atom stereocenters. The third-order valence-electron chi connectivity index (χ3n) is 6.81. The summed E-state index contributed by atoms with van der Waals surface area (Å²) in [4.78, 5) is 34.0. The van der Waals surface area contributed by atoms with E-state index in [1.165, 1.54) is 0 Å². The number of H-pyrrole nitrogens is 1. The maximum absolute atomic E-state index is 13.6. The molecule has 3 heterocycles. The van der Waals surface area contributed by atoms with Crippen molar-refractivity contribution >= 4 is 22.7 Å². The lowest BCUT2D eigenvalue weighted by atomic mass is 9.93. The number of rotatable bonds is 4. The molecule has 2 amide bonds. The van der Waals surface area contributed by atoms with Gasteiger partial charge in [0.25, 0.3) is 5.91 Å². The van der Waals surface area contributed by atoms with Crippen molar-refractivity contribution < 1.29 is 14.3 Å². The summed E-state index contributed by atoms with van der Waals surface area (Å²) in [5.41, 5.74) is 5.64. The first-order valence-corrected chi connectivity index (χ1v) is 11.6. The predicted molar refractivity (Wildman–Crippen MR) is 130 cm³/mol. The van der Waals surface area contributed by atoms with Crippen LogP contribution < -0.4 is 0 Å². The van der Waals surface area contributed by atoms with Gasteiger partial charge in [-0.3, -0.25) is 9.59 Å². The molecule has 0 saturated carbocycles. The van der Waals surface area contributed by atoms with Gasteiger partial charge >= 0.3 is 0 Å². The second-order valence-electron chi connectivity index (χ2n) is 8.74. The summed E-state index contributed by atoms with van der Waals surface area (Å²) in [5.74, 6) is -0.151. The molecule has 6 heteroatoms. The van der Waals surface area contributed by atoms with Crippen molar-refractivity contribution in [2.24, 2.45) is 0 Å². The van der Waals surface area contributed by atoms with Crippen molar-refractivity contribution in [2.45, 2.75) is 6.04 Å². The zero-order chi connectivity index (χ0) is 23.1. The second kappa shape index (κ2) is 8.47. The van der Waals surface area contributed by atoms with Crippen LogP contribution in [0.15, 0.2) is 78.9 Å². The molecular weight excluding hydrogens is 426 g/mol. The van der Waals surface area contributed by atoms with Crippen molar-refractivity contribution in [3.63, 3.8) is 0 Å². The number of aromatic nitrogens is 1. The Kier molecular flexibility index (Phi) is 5.15. The first-order valence-electron chi connectivity index (χ1n) is 11.6. The maximum Gasteiger partial charge on any atom is 0.255 e. The van der Waals surface area contributed by atoms with Gasteiger partial charge in [-0.2, -0.15) is 0 Å². The Hall–Kier alpha value is -3.90. The number of aromatic amines is 1. The Bertz CT molecular complexity index is 1370. The van der Waals surface area contributed by atoms with Crippen LogP contribution in [-0.4, -0.2) is 59.4 Å². The van der Waals surface area contributed by atoms with Gasteiger partial charge in [0.15, 0.2) is 0 Å². The number of para-hydroxylation sites is 1. The molecule has 2 aliphatic heterocycles. The summed E-state index contributed by atoms with van der Waals surface area (Å²) >= 11 is 0. The number of nitrogens with one attached hydrogen (secondary N) is 1. The summed E-state index contributed by atoms with van der Waals surface area (Å²) in [7, 11) is 0. The molecular formula is C28H25N3O3. The van der Waals surface area contributed by atoms with Gasteiger partial charge < -0.3 is 19.5 Å². The zero-order valence-electron chi connectivity index (χ0n) is 18.7. The second-order valence-corrected chi connectivity index (χ2v) is 8.74. The molecule has 0 aliphatic carbocycles. The van der Waals surface area contributed by atoms with Gasteiger partial charge in [-0.05, 0) is 23.3 Å². The van der Waals surface area contributed by atoms with Gasteiger partial charge in [-0.25, -0.2) is 0 Å². The molecule has 0 radical (unpaired) electrons. The van der Waals surface area contributed by atoms with E-state index in [-0.39, 0.29) is 24.4 Å². The third kappa shape index (κ3) is 3.38. The Labute approximate surface area is 197 Å². The molecule has 6 rings (SSSR count). The Morgan fingerprint density at radius 3 is 2.44 bits per heavy atom. The summed E-state index contributed by atoms with van der Waals surface area (Å²) in [6.07, 6.45) is 0. The van der Waals surface area contributed by atoms with Crippen LogP contribution in [0.25, 0.3) is 22.2 Å². The minimum atomic E-state index is -0.361. The molecule has 3 aromatic carbocycles. The number of carbonyl (C=O) groups is 2. The highest BCUT2D eigenvalue weighted by Crippen LogP contribution is 2.45. The molecule has 1 N–H and O–H groups in total. The highest BCUT2D eigenvalue weighted by molar-refractivity contribution is 6.03. The average molecular weight is 452 g/mol. The largest absolute Gasteiger partial charge is 0.378 e. The zero-order valence-corrected chi connectivity index (χ0v) is 18.7. The third-order valence-corrected chi connectivity index (χ3v) is 6.81. The summed E-state index contributed by atoms with van der Waals surface area (Å²) in [6.45, 7) is 2.21. The molecule has 0 spiro atoms. The molecule has 6 nitrogen and oxygen atoms in total. The Morgan fingerprint density at radius 1 is 0.912 bits per heavy atom. The van der Waals surface area contributed by atoms with Crippen LogP contribution in [0.1, 0.15) is 27.5 Å². The molecule has 4 aromatic rings. The lowest BCUT2D eigenvalue weighted by Gasteiger charge is -2.31. The van der Waals surface area contributed by atoms with Crippen LogP contribution in [0.2, 0.25) is 0 Å². The van der Waals surface area contributed by atoms with Crippen molar-refractivity contribution in [3.8, 4) is 11.3 Å². The van der Waals surface area contributed by atoms with Crippen molar-refractivity contribution in [3.05, 3.63) is 95.6 Å². The highest BCUT2D eigenvalue weighted by Gasteiger charge is 2.41. The van der Waals surface area contributed by atoms with Gasteiger partial charge in [0.1, 0.15) is 6.54 Å². The topological polar surface area (TPSA) is 65.6 Å².